The molecule has 1 fully saturated rings. The highest BCUT2D eigenvalue weighted by molar-refractivity contribution is 14.1. The number of ether oxygens (including phenoxy) is 2. The third kappa shape index (κ3) is 4.49. The largest absolute Gasteiger partial charge is 0.492 e. The number of halogens is 1. The van der Waals surface area contributed by atoms with Crippen molar-refractivity contribution in [3.05, 3.63) is 27.5 Å². The highest BCUT2D eigenvalue weighted by Crippen LogP contribution is 2.38. The molecular formula is C19H25IN4O2. The van der Waals surface area contributed by atoms with E-state index in [-0.39, 0.29) is 17.7 Å². The van der Waals surface area contributed by atoms with E-state index < -0.39 is 0 Å². The van der Waals surface area contributed by atoms with E-state index in [0.29, 0.717) is 11.7 Å². The fourth-order valence-corrected chi connectivity index (χ4v) is 3.78. The van der Waals surface area contributed by atoms with Crippen LogP contribution in [0.25, 0.3) is 0 Å². The summed E-state index contributed by atoms with van der Waals surface area (Å²) in [7, 11) is 0. The first-order valence-electron chi connectivity index (χ1n) is 8.96. The van der Waals surface area contributed by atoms with Crippen molar-refractivity contribution < 1.29 is 9.47 Å². The van der Waals surface area contributed by atoms with E-state index in [9.17, 15) is 0 Å². The zero-order chi connectivity index (χ0) is 18.7. The molecule has 1 saturated carbocycles. The van der Waals surface area contributed by atoms with Gasteiger partial charge >= 0.3 is 0 Å². The Morgan fingerprint density at radius 2 is 1.88 bits per heavy atom. The first-order valence-corrected chi connectivity index (χ1v) is 10.0. The number of aromatic nitrogens is 2. The summed E-state index contributed by atoms with van der Waals surface area (Å²) in [6.07, 6.45) is 6.68. The van der Waals surface area contributed by atoms with Crippen LogP contribution in [0.1, 0.15) is 51.0 Å². The molecule has 1 aliphatic carbocycles. The van der Waals surface area contributed by atoms with Gasteiger partial charge in [0.1, 0.15) is 11.5 Å². The Labute approximate surface area is 167 Å². The maximum atomic E-state index is 6.13. The van der Waals surface area contributed by atoms with Crippen LogP contribution in [0.2, 0.25) is 0 Å². The minimum atomic E-state index is 0.129. The van der Waals surface area contributed by atoms with Crippen LogP contribution in [-0.2, 0) is 0 Å². The molecule has 0 aliphatic heterocycles. The minimum absolute atomic E-state index is 0.129. The van der Waals surface area contributed by atoms with Crippen molar-refractivity contribution >= 4 is 34.4 Å². The molecule has 1 aliphatic rings. The second-order valence-corrected chi connectivity index (χ2v) is 8.18. The molecule has 0 amide bonds. The molecule has 0 saturated heterocycles. The molecule has 140 valence electrons. The molecule has 0 atom stereocenters. The number of rotatable bonds is 6. The average molecular weight is 468 g/mol. The zero-order valence-corrected chi connectivity index (χ0v) is 17.3. The SMILES string of the molecule is CC(C)c1cc(OCC2CCCC2)c(I)cc1Oc1cnc(N)nc1N. The van der Waals surface area contributed by atoms with E-state index in [1.165, 1.54) is 31.9 Å². The van der Waals surface area contributed by atoms with Crippen molar-refractivity contribution in [3.63, 3.8) is 0 Å². The first kappa shape index (κ1) is 19.0. The summed E-state index contributed by atoms with van der Waals surface area (Å²) < 4.78 is 13.1. The van der Waals surface area contributed by atoms with Crippen molar-refractivity contribution in [2.75, 3.05) is 18.1 Å². The monoisotopic (exact) mass is 468 g/mol. The van der Waals surface area contributed by atoms with Gasteiger partial charge < -0.3 is 20.9 Å². The number of nitrogens with two attached hydrogens (primary N) is 2. The normalized spacial score (nSPS) is 14.8. The Hall–Kier alpha value is -1.77. The molecule has 26 heavy (non-hydrogen) atoms. The van der Waals surface area contributed by atoms with Gasteiger partial charge in [0, 0.05) is 5.56 Å². The first-order chi connectivity index (χ1) is 12.4. The second-order valence-electron chi connectivity index (χ2n) is 7.02. The predicted molar refractivity (Wildman–Crippen MR) is 112 cm³/mol. The Morgan fingerprint density at radius 1 is 1.15 bits per heavy atom. The number of nitrogen functional groups attached to an aromatic ring is 2. The standard InChI is InChI=1S/C19H25IN4O2/c1-11(2)13-7-16(25-10-12-5-3-4-6-12)14(20)8-15(13)26-17-9-23-19(22)24-18(17)21/h7-9,11-12H,3-6,10H2,1-2H3,(H4,21,22,23,24). The molecular weight excluding hydrogens is 443 g/mol. The van der Waals surface area contributed by atoms with Crippen LogP contribution in [-0.4, -0.2) is 16.6 Å². The van der Waals surface area contributed by atoms with Crippen molar-refractivity contribution in [1.29, 1.82) is 0 Å². The molecule has 4 N–H and O–H groups in total. The van der Waals surface area contributed by atoms with E-state index in [4.69, 9.17) is 20.9 Å². The Balaban J connectivity index is 1.83. The van der Waals surface area contributed by atoms with Crippen LogP contribution in [0.15, 0.2) is 18.3 Å². The van der Waals surface area contributed by atoms with Gasteiger partial charge in [-0.05, 0) is 59.4 Å². The van der Waals surface area contributed by atoms with Crippen LogP contribution in [0.3, 0.4) is 0 Å². The van der Waals surface area contributed by atoms with Gasteiger partial charge in [0.05, 0.1) is 16.4 Å². The molecule has 1 aromatic carbocycles. The maximum absolute atomic E-state index is 6.13. The number of nitrogens with zero attached hydrogens (tertiary/aromatic N) is 2. The lowest BCUT2D eigenvalue weighted by Crippen LogP contribution is -2.09. The summed E-state index contributed by atoms with van der Waals surface area (Å²) in [4.78, 5) is 7.91. The van der Waals surface area contributed by atoms with Crippen LogP contribution in [0.5, 0.6) is 17.2 Å². The summed E-state index contributed by atoms with van der Waals surface area (Å²) in [6, 6.07) is 4.06. The predicted octanol–water partition coefficient (Wildman–Crippen LogP) is 4.73. The average Bonchev–Trinajstić information content (AvgIpc) is 3.10. The van der Waals surface area contributed by atoms with Crippen LogP contribution in [0.4, 0.5) is 11.8 Å². The topological polar surface area (TPSA) is 96.3 Å². The molecule has 7 heteroatoms. The fourth-order valence-electron chi connectivity index (χ4n) is 3.18. The van der Waals surface area contributed by atoms with Gasteiger partial charge in [-0.3, -0.25) is 0 Å². The van der Waals surface area contributed by atoms with Crippen molar-refractivity contribution in [1.82, 2.24) is 9.97 Å². The molecule has 0 unspecified atom stereocenters. The van der Waals surface area contributed by atoms with E-state index in [2.05, 4.69) is 52.5 Å². The number of hydrogen-bond acceptors (Lipinski definition) is 6. The summed E-state index contributed by atoms with van der Waals surface area (Å²) in [5, 5.41) is 0. The van der Waals surface area contributed by atoms with Crippen LogP contribution < -0.4 is 20.9 Å². The zero-order valence-electron chi connectivity index (χ0n) is 15.2. The third-order valence-electron chi connectivity index (χ3n) is 4.66. The van der Waals surface area contributed by atoms with E-state index in [1.807, 2.05) is 6.07 Å². The van der Waals surface area contributed by atoms with Crippen LogP contribution in [0, 0.1) is 9.49 Å². The molecule has 2 aromatic rings. The molecule has 0 bridgehead atoms. The Kier molecular flexibility index (Phi) is 6.05. The van der Waals surface area contributed by atoms with Gasteiger partial charge in [-0.25, -0.2) is 4.98 Å². The lowest BCUT2D eigenvalue weighted by atomic mass is 10.0. The molecule has 1 heterocycles. The minimum Gasteiger partial charge on any atom is -0.492 e. The molecule has 0 spiro atoms. The highest BCUT2D eigenvalue weighted by atomic mass is 127. The number of anilines is 2. The lowest BCUT2D eigenvalue weighted by Gasteiger charge is -2.19. The quantitative estimate of drug-likeness (QED) is 0.596. The number of benzene rings is 1. The van der Waals surface area contributed by atoms with Crippen molar-refractivity contribution in [3.8, 4) is 17.2 Å². The van der Waals surface area contributed by atoms with E-state index in [0.717, 1.165) is 27.2 Å². The summed E-state index contributed by atoms with van der Waals surface area (Å²) in [6.45, 7) is 5.03. The maximum Gasteiger partial charge on any atom is 0.222 e. The van der Waals surface area contributed by atoms with Crippen molar-refractivity contribution in [2.45, 2.75) is 45.4 Å². The number of hydrogen-bond donors (Lipinski definition) is 2. The van der Waals surface area contributed by atoms with Crippen molar-refractivity contribution in [2.24, 2.45) is 5.92 Å². The Morgan fingerprint density at radius 3 is 2.54 bits per heavy atom. The van der Waals surface area contributed by atoms with Gasteiger partial charge in [-0.2, -0.15) is 4.98 Å². The fraction of sp³-hybridized carbons (Fsp3) is 0.474. The third-order valence-corrected chi connectivity index (χ3v) is 5.50. The van der Waals surface area contributed by atoms with Gasteiger partial charge in [0.25, 0.3) is 0 Å². The summed E-state index contributed by atoms with van der Waals surface area (Å²) in [5.41, 5.74) is 12.5. The molecule has 1 aromatic heterocycles. The van der Waals surface area contributed by atoms with E-state index >= 15 is 0 Å². The van der Waals surface area contributed by atoms with E-state index in [1.54, 1.807) is 0 Å². The molecule has 6 nitrogen and oxygen atoms in total. The molecule has 0 radical (unpaired) electrons. The van der Waals surface area contributed by atoms with Gasteiger partial charge in [-0.1, -0.05) is 26.7 Å². The Bertz CT molecular complexity index is 776. The van der Waals surface area contributed by atoms with Gasteiger partial charge in [0.15, 0.2) is 11.6 Å². The van der Waals surface area contributed by atoms with Crippen LogP contribution >= 0.6 is 22.6 Å². The summed E-state index contributed by atoms with van der Waals surface area (Å²) >= 11 is 2.28. The highest BCUT2D eigenvalue weighted by Gasteiger charge is 2.19. The van der Waals surface area contributed by atoms with Gasteiger partial charge in [-0.15, -0.1) is 0 Å². The summed E-state index contributed by atoms with van der Waals surface area (Å²) in [5.74, 6) is 3.35. The lowest BCUT2D eigenvalue weighted by molar-refractivity contribution is 0.250. The van der Waals surface area contributed by atoms with Gasteiger partial charge in [0.2, 0.25) is 5.95 Å². The molecule has 3 rings (SSSR count). The second kappa shape index (κ2) is 8.28. The smallest absolute Gasteiger partial charge is 0.222 e.